The van der Waals surface area contributed by atoms with Crippen molar-refractivity contribution in [1.29, 1.82) is 0 Å². The van der Waals surface area contributed by atoms with Gasteiger partial charge in [0.2, 0.25) is 11.8 Å². The molecule has 0 aliphatic heterocycles. The topological polar surface area (TPSA) is 49.4 Å². The number of halogens is 3. The summed E-state index contributed by atoms with van der Waals surface area (Å²) in [7, 11) is 1.55. The predicted molar refractivity (Wildman–Crippen MR) is 138 cm³/mol. The highest BCUT2D eigenvalue weighted by Crippen LogP contribution is 2.25. The Labute approximate surface area is 213 Å². The fourth-order valence-corrected chi connectivity index (χ4v) is 4.72. The molecular formula is C26H25Cl2FN2O2S. The molecule has 0 spiro atoms. The van der Waals surface area contributed by atoms with Gasteiger partial charge in [0.1, 0.15) is 11.9 Å². The highest BCUT2D eigenvalue weighted by Gasteiger charge is 2.29. The van der Waals surface area contributed by atoms with Gasteiger partial charge in [-0.3, -0.25) is 9.59 Å². The molecule has 0 aromatic heterocycles. The summed E-state index contributed by atoms with van der Waals surface area (Å²) in [6.07, 6.45) is 0.353. The highest BCUT2D eigenvalue weighted by atomic mass is 35.5. The van der Waals surface area contributed by atoms with Gasteiger partial charge in [-0.1, -0.05) is 77.8 Å². The van der Waals surface area contributed by atoms with Crippen molar-refractivity contribution < 1.29 is 14.0 Å². The van der Waals surface area contributed by atoms with Crippen LogP contribution in [0.5, 0.6) is 0 Å². The first-order valence-corrected chi connectivity index (χ1v) is 12.6. The summed E-state index contributed by atoms with van der Waals surface area (Å²) in [5.41, 5.74) is 2.22. The van der Waals surface area contributed by atoms with Gasteiger partial charge in [-0.2, -0.15) is 0 Å². The minimum absolute atomic E-state index is 0.0952. The minimum atomic E-state index is -0.733. The lowest BCUT2D eigenvalue weighted by atomic mass is 10.0. The Bertz CT molecular complexity index is 1130. The molecule has 3 aromatic rings. The summed E-state index contributed by atoms with van der Waals surface area (Å²) in [4.78, 5) is 27.9. The number of likely N-dealkylation sites (N-methyl/N-ethyl adjacent to an activating group) is 1. The van der Waals surface area contributed by atoms with E-state index >= 15 is 0 Å². The molecule has 0 fully saturated rings. The maximum Gasteiger partial charge on any atom is 0.242 e. The number of benzene rings is 3. The molecule has 1 atom stereocenters. The lowest BCUT2D eigenvalue weighted by molar-refractivity contribution is -0.139. The number of carbonyl (C=O) groups excluding carboxylic acids is 2. The number of carbonyl (C=O) groups is 2. The second kappa shape index (κ2) is 12.8. The number of hydrogen-bond acceptors (Lipinski definition) is 3. The maximum absolute atomic E-state index is 14.0. The van der Waals surface area contributed by atoms with Crippen LogP contribution in [0.25, 0.3) is 0 Å². The monoisotopic (exact) mass is 518 g/mol. The first-order chi connectivity index (χ1) is 16.4. The summed E-state index contributed by atoms with van der Waals surface area (Å²) in [6, 6.07) is 20.4. The average Bonchev–Trinajstić information content (AvgIpc) is 2.84. The normalized spacial score (nSPS) is 11.6. The number of nitrogens with one attached hydrogen (secondary N) is 1. The van der Waals surface area contributed by atoms with Crippen LogP contribution in [0.1, 0.15) is 16.7 Å². The number of amides is 2. The van der Waals surface area contributed by atoms with Gasteiger partial charge in [-0.05, 0) is 34.9 Å². The van der Waals surface area contributed by atoms with E-state index in [2.05, 4.69) is 5.32 Å². The summed E-state index contributed by atoms with van der Waals surface area (Å²) in [5.74, 6) is -0.351. The fourth-order valence-electron chi connectivity index (χ4n) is 3.50. The van der Waals surface area contributed by atoms with Gasteiger partial charge < -0.3 is 10.2 Å². The molecule has 0 aliphatic rings. The average molecular weight is 519 g/mol. The Balaban J connectivity index is 1.84. The molecule has 0 bridgehead atoms. The zero-order valence-corrected chi connectivity index (χ0v) is 21.0. The van der Waals surface area contributed by atoms with Crippen molar-refractivity contribution in [2.75, 3.05) is 12.8 Å². The molecule has 178 valence electrons. The number of hydrogen-bond donors (Lipinski definition) is 1. The highest BCUT2D eigenvalue weighted by molar-refractivity contribution is 7.99. The molecule has 4 nitrogen and oxygen atoms in total. The molecule has 0 heterocycles. The van der Waals surface area contributed by atoms with E-state index in [9.17, 15) is 14.0 Å². The van der Waals surface area contributed by atoms with Gasteiger partial charge >= 0.3 is 0 Å². The van der Waals surface area contributed by atoms with Crippen LogP contribution in [0.3, 0.4) is 0 Å². The van der Waals surface area contributed by atoms with Gasteiger partial charge in [0.15, 0.2) is 0 Å². The van der Waals surface area contributed by atoms with Gasteiger partial charge in [-0.25, -0.2) is 4.39 Å². The lowest BCUT2D eigenvalue weighted by Gasteiger charge is -2.31. The van der Waals surface area contributed by atoms with Crippen LogP contribution >= 0.6 is 35.0 Å². The Kier molecular flexibility index (Phi) is 9.81. The first kappa shape index (κ1) is 26.1. The third-order valence-electron chi connectivity index (χ3n) is 5.30. The van der Waals surface area contributed by atoms with Crippen molar-refractivity contribution in [3.63, 3.8) is 0 Å². The molecule has 0 saturated carbocycles. The van der Waals surface area contributed by atoms with Crippen molar-refractivity contribution in [2.24, 2.45) is 0 Å². The molecule has 3 rings (SSSR count). The third kappa shape index (κ3) is 7.23. The Morgan fingerprint density at radius 2 is 1.68 bits per heavy atom. The van der Waals surface area contributed by atoms with Crippen molar-refractivity contribution in [3.8, 4) is 0 Å². The molecule has 0 aliphatic carbocycles. The van der Waals surface area contributed by atoms with E-state index in [-0.39, 0.29) is 29.9 Å². The van der Waals surface area contributed by atoms with Crippen LogP contribution in [-0.4, -0.2) is 35.6 Å². The second-order valence-electron chi connectivity index (χ2n) is 7.67. The molecule has 34 heavy (non-hydrogen) atoms. The third-order valence-corrected chi connectivity index (χ3v) is 7.00. The molecule has 8 heteroatoms. The number of rotatable bonds is 10. The van der Waals surface area contributed by atoms with Crippen molar-refractivity contribution in [1.82, 2.24) is 10.2 Å². The molecule has 0 radical (unpaired) electrons. The Morgan fingerprint density at radius 3 is 2.35 bits per heavy atom. The molecule has 1 N–H and O–H groups in total. The quantitative estimate of drug-likeness (QED) is 0.371. The van der Waals surface area contributed by atoms with Crippen molar-refractivity contribution in [3.05, 3.63) is 105 Å². The minimum Gasteiger partial charge on any atom is -0.357 e. The first-order valence-electron chi connectivity index (χ1n) is 10.7. The molecule has 3 aromatic carbocycles. The largest absolute Gasteiger partial charge is 0.357 e. The van der Waals surface area contributed by atoms with E-state index in [4.69, 9.17) is 23.2 Å². The number of nitrogens with zero attached hydrogens (tertiary/aromatic N) is 1. The summed E-state index contributed by atoms with van der Waals surface area (Å²) < 4.78 is 14.0. The van der Waals surface area contributed by atoms with E-state index < -0.39 is 6.04 Å². The molecule has 0 unspecified atom stereocenters. The van der Waals surface area contributed by atoms with Crippen molar-refractivity contribution in [2.45, 2.75) is 24.8 Å². The standard InChI is InChI=1S/C26H25Cl2FN2O2S/c1-30-26(33)24(14-18-7-3-2-4-8-18)31(15-19-11-12-21(27)22(28)13-19)25(32)17-34-16-20-9-5-6-10-23(20)29/h2-13,24H,14-17H2,1H3,(H,30,33)/t24-/m1/s1. The van der Waals surface area contributed by atoms with Gasteiger partial charge in [0, 0.05) is 25.8 Å². The van der Waals surface area contributed by atoms with E-state index in [1.165, 1.54) is 17.8 Å². The van der Waals surface area contributed by atoms with E-state index in [0.717, 1.165) is 11.1 Å². The SMILES string of the molecule is CNC(=O)[C@@H](Cc1ccccc1)N(Cc1ccc(Cl)c(Cl)c1)C(=O)CSCc1ccccc1F. The van der Waals surface area contributed by atoms with E-state index in [1.54, 1.807) is 48.3 Å². The Hall–Kier alpha value is -2.54. The van der Waals surface area contributed by atoms with Crippen molar-refractivity contribution >= 4 is 46.8 Å². The zero-order valence-electron chi connectivity index (χ0n) is 18.6. The van der Waals surface area contributed by atoms with Gasteiger partial charge in [-0.15, -0.1) is 11.8 Å². The van der Waals surface area contributed by atoms with Crippen LogP contribution in [0.2, 0.25) is 10.0 Å². The van der Waals surface area contributed by atoms with Crippen LogP contribution in [0, 0.1) is 5.82 Å². The molecule has 0 saturated heterocycles. The van der Waals surface area contributed by atoms with Crippen LogP contribution < -0.4 is 5.32 Å². The van der Waals surface area contributed by atoms with Crippen LogP contribution in [-0.2, 0) is 28.3 Å². The van der Waals surface area contributed by atoms with Gasteiger partial charge in [0.05, 0.1) is 15.8 Å². The van der Waals surface area contributed by atoms with E-state index in [1.807, 2.05) is 30.3 Å². The summed E-state index contributed by atoms with van der Waals surface area (Å²) in [5, 5.41) is 3.47. The maximum atomic E-state index is 14.0. The molecular weight excluding hydrogens is 494 g/mol. The summed E-state index contributed by atoms with van der Waals surface area (Å²) in [6.45, 7) is 0.181. The molecule has 2 amide bonds. The fraction of sp³-hybridized carbons (Fsp3) is 0.231. The second-order valence-corrected chi connectivity index (χ2v) is 9.47. The van der Waals surface area contributed by atoms with E-state index in [0.29, 0.717) is 27.8 Å². The smallest absolute Gasteiger partial charge is 0.242 e. The summed E-state index contributed by atoms with van der Waals surface area (Å²) >= 11 is 13.5. The number of thioether (sulfide) groups is 1. The van der Waals surface area contributed by atoms with Crippen LogP contribution in [0.4, 0.5) is 4.39 Å². The zero-order chi connectivity index (χ0) is 24.5. The van der Waals surface area contributed by atoms with Crippen LogP contribution in [0.15, 0.2) is 72.8 Å². The predicted octanol–water partition coefficient (Wildman–Crippen LogP) is 5.75. The lowest BCUT2D eigenvalue weighted by Crippen LogP contribution is -2.50. The van der Waals surface area contributed by atoms with Gasteiger partial charge in [0.25, 0.3) is 0 Å². The Morgan fingerprint density at radius 1 is 0.971 bits per heavy atom.